The summed E-state index contributed by atoms with van der Waals surface area (Å²) in [6.45, 7) is 7.06. The van der Waals surface area contributed by atoms with E-state index in [9.17, 15) is 18.0 Å². The molecule has 7 nitrogen and oxygen atoms in total. The fourth-order valence-electron chi connectivity index (χ4n) is 3.34. The number of carbonyl (C=O) groups excluding carboxylic acids is 2. The predicted molar refractivity (Wildman–Crippen MR) is 133 cm³/mol. The van der Waals surface area contributed by atoms with Crippen LogP contribution < -0.4 is 9.62 Å². The number of rotatable bonds is 9. The molecule has 1 N–H and O–H groups in total. The van der Waals surface area contributed by atoms with Gasteiger partial charge in [-0.2, -0.15) is 0 Å². The van der Waals surface area contributed by atoms with Crippen molar-refractivity contribution in [3.8, 4) is 0 Å². The molecule has 0 unspecified atom stereocenters. The number of likely N-dealkylation sites (N-methyl/N-ethyl adjacent to an activating group) is 1. The average molecular weight is 514 g/mol. The molecule has 0 fully saturated rings. The van der Waals surface area contributed by atoms with Crippen LogP contribution in [0.5, 0.6) is 0 Å². The molecule has 0 spiro atoms. The van der Waals surface area contributed by atoms with Gasteiger partial charge in [-0.1, -0.05) is 41.4 Å². The van der Waals surface area contributed by atoms with Crippen LogP contribution in [0.4, 0.5) is 5.69 Å². The summed E-state index contributed by atoms with van der Waals surface area (Å²) < 4.78 is 26.4. The van der Waals surface area contributed by atoms with Gasteiger partial charge in [0.1, 0.15) is 12.6 Å². The third kappa shape index (κ3) is 6.85. The number of carbonyl (C=O) groups is 2. The van der Waals surface area contributed by atoms with Crippen LogP contribution in [0.15, 0.2) is 36.4 Å². The molecule has 0 heterocycles. The summed E-state index contributed by atoms with van der Waals surface area (Å²) in [4.78, 5) is 27.4. The number of sulfonamides is 1. The van der Waals surface area contributed by atoms with Crippen LogP contribution in [0.1, 0.15) is 30.5 Å². The molecule has 0 saturated heterocycles. The number of benzene rings is 2. The quantitative estimate of drug-likeness (QED) is 0.550. The van der Waals surface area contributed by atoms with E-state index < -0.39 is 28.5 Å². The van der Waals surface area contributed by atoms with E-state index in [1.165, 1.54) is 4.90 Å². The van der Waals surface area contributed by atoms with E-state index in [2.05, 4.69) is 5.32 Å². The number of anilines is 1. The van der Waals surface area contributed by atoms with Gasteiger partial charge in [-0.3, -0.25) is 13.9 Å². The van der Waals surface area contributed by atoms with Crippen LogP contribution in [-0.2, 0) is 26.2 Å². The normalized spacial score (nSPS) is 12.2. The van der Waals surface area contributed by atoms with Gasteiger partial charge in [0.15, 0.2) is 0 Å². The van der Waals surface area contributed by atoms with Crippen molar-refractivity contribution < 1.29 is 18.0 Å². The second-order valence-electron chi connectivity index (χ2n) is 7.83. The van der Waals surface area contributed by atoms with Crippen molar-refractivity contribution in [2.75, 3.05) is 23.7 Å². The zero-order valence-corrected chi connectivity index (χ0v) is 21.7. The highest BCUT2D eigenvalue weighted by molar-refractivity contribution is 7.92. The molecule has 10 heteroatoms. The lowest BCUT2D eigenvalue weighted by Crippen LogP contribution is -2.51. The van der Waals surface area contributed by atoms with Crippen molar-refractivity contribution in [1.82, 2.24) is 10.2 Å². The molecular weight excluding hydrogens is 485 g/mol. The Hall–Kier alpha value is -2.29. The third-order valence-electron chi connectivity index (χ3n) is 5.38. The molecule has 0 aliphatic heterocycles. The zero-order valence-electron chi connectivity index (χ0n) is 19.4. The Balaban J connectivity index is 2.45. The summed E-state index contributed by atoms with van der Waals surface area (Å²) in [6.07, 6.45) is 1.05. The van der Waals surface area contributed by atoms with Crippen molar-refractivity contribution in [3.05, 3.63) is 63.1 Å². The molecule has 2 aromatic carbocycles. The first-order chi connectivity index (χ1) is 15.4. The Kier molecular flexibility index (Phi) is 9.17. The van der Waals surface area contributed by atoms with Crippen molar-refractivity contribution >= 4 is 50.7 Å². The smallest absolute Gasteiger partial charge is 0.244 e. The molecule has 2 aromatic rings. The lowest BCUT2D eigenvalue weighted by Gasteiger charge is -2.32. The second-order valence-corrected chi connectivity index (χ2v) is 10.6. The highest BCUT2D eigenvalue weighted by Gasteiger charge is 2.30. The Morgan fingerprint density at radius 2 is 1.76 bits per heavy atom. The minimum absolute atomic E-state index is 0.0540. The Labute approximate surface area is 205 Å². The van der Waals surface area contributed by atoms with E-state index in [-0.39, 0.29) is 12.5 Å². The highest BCUT2D eigenvalue weighted by Crippen LogP contribution is 2.26. The van der Waals surface area contributed by atoms with Gasteiger partial charge in [0.25, 0.3) is 0 Å². The van der Waals surface area contributed by atoms with Crippen LogP contribution in [0.3, 0.4) is 0 Å². The first kappa shape index (κ1) is 27.0. The highest BCUT2D eigenvalue weighted by atomic mass is 35.5. The molecule has 0 saturated carbocycles. The molecule has 0 radical (unpaired) electrons. The van der Waals surface area contributed by atoms with Crippen molar-refractivity contribution in [3.63, 3.8) is 0 Å². The van der Waals surface area contributed by atoms with E-state index in [1.54, 1.807) is 51.1 Å². The fourth-order valence-corrected chi connectivity index (χ4v) is 4.56. The SMILES string of the molecule is CCNC(=O)[C@H](C)N(Cc1ccc(Cl)c(Cl)c1)C(=O)CN(c1cccc(C)c1C)S(C)(=O)=O. The maximum absolute atomic E-state index is 13.5. The van der Waals surface area contributed by atoms with Gasteiger partial charge in [-0.15, -0.1) is 0 Å². The standard InChI is InChI=1S/C23H29Cl2N3O4S/c1-6-26-23(30)17(4)27(13-18-10-11-19(24)20(25)12-18)22(29)14-28(33(5,31)32)21-9-7-8-15(2)16(21)3/h7-12,17H,6,13-14H2,1-5H3,(H,26,30)/t17-/m0/s1. The summed E-state index contributed by atoms with van der Waals surface area (Å²) in [5.41, 5.74) is 2.73. The van der Waals surface area contributed by atoms with E-state index >= 15 is 0 Å². The first-order valence-electron chi connectivity index (χ1n) is 10.4. The van der Waals surface area contributed by atoms with E-state index in [0.717, 1.165) is 21.7 Å². The van der Waals surface area contributed by atoms with Crippen molar-refractivity contribution in [2.24, 2.45) is 0 Å². The van der Waals surface area contributed by atoms with Crippen molar-refractivity contribution in [1.29, 1.82) is 0 Å². The second kappa shape index (κ2) is 11.2. The van der Waals surface area contributed by atoms with Crippen LogP contribution in [-0.4, -0.2) is 50.5 Å². The molecule has 0 aliphatic rings. The van der Waals surface area contributed by atoms with E-state index in [1.807, 2.05) is 13.0 Å². The Morgan fingerprint density at radius 1 is 1.09 bits per heavy atom. The van der Waals surface area contributed by atoms with E-state index in [4.69, 9.17) is 23.2 Å². The Morgan fingerprint density at radius 3 is 2.33 bits per heavy atom. The fraction of sp³-hybridized carbons (Fsp3) is 0.391. The number of nitrogens with zero attached hydrogens (tertiary/aromatic N) is 2. The molecule has 0 bridgehead atoms. The summed E-state index contributed by atoms with van der Waals surface area (Å²) in [5, 5.41) is 3.40. The zero-order chi connectivity index (χ0) is 24.9. The lowest BCUT2D eigenvalue weighted by molar-refractivity contribution is -0.139. The maximum atomic E-state index is 13.5. The van der Waals surface area contributed by atoms with Crippen LogP contribution >= 0.6 is 23.2 Å². The molecule has 1 atom stereocenters. The molecule has 0 aliphatic carbocycles. The van der Waals surface area contributed by atoms with E-state index in [0.29, 0.717) is 27.8 Å². The molecule has 0 aromatic heterocycles. The number of hydrogen-bond donors (Lipinski definition) is 1. The Bertz CT molecular complexity index is 1140. The number of halogens is 2. The summed E-state index contributed by atoms with van der Waals surface area (Å²) in [5.74, 6) is -0.866. The van der Waals surface area contributed by atoms with Crippen LogP contribution in [0, 0.1) is 13.8 Å². The summed E-state index contributed by atoms with van der Waals surface area (Å²) in [6, 6.07) is 9.36. The molecule has 2 amide bonds. The number of aryl methyl sites for hydroxylation is 1. The largest absolute Gasteiger partial charge is 0.355 e. The first-order valence-corrected chi connectivity index (χ1v) is 13.0. The lowest BCUT2D eigenvalue weighted by atomic mass is 10.1. The van der Waals surface area contributed by atoms with Gasteiger partial charge in [-0.25, -0.2) is 8.42 Å². The number of hydrogen-bond acceptors (Lipinski definition) is 4. The summed E-state index contributed by atoms with van der Waals surface area (Å²) >= 11 is 12.1. The minimum atomic E-state index is -3.78. The predicted octanol–water partition coefficient (Wildman–Crippen LogP) is 3.93. The third-order valence-corrected chi connectivity index (χ3v) is 7.24. The number of amides is 2. The van der Waals surface area contributed by atoms with Gasteiger partial charge in [-0.05, 0) is 62.6 Å². The van der Waals surface area contributed by atoms with Gasteiger partial charge in [0.2, 0.25) is 21.8 Å². The molecular formula is C23H29Cl2N3O4S. The number of nitrogens with one attached hydrogen (secondary N) is 1. The van der Waals surface area contributed by atoms with Crippen LogP contribution in [0.25, 0.3) is 0 Å². The minimum Gasteiger partial charge on any atom is -0.355 e. The topological polar surface area (TPSA) is 86.8 Å². The molecule has 2 rings (SSSR count). The van der Waals surface area contributed by atoms with Gasteiger partial charge in [0.05, 0.1) is 22.0 Å². The van der Waals surface area contributed by atoms with Gasteiger partial charge < -0.3 is 10.2 Å². The maximum Gasteiger partial charge on any atom is 0.244 e. The molecule has 180 valence electrons. The summed E-state index contributed by atoms with van der Waals surface area (Å²) in [7, 11) is -3.78. The molecule has 33 heavy (non-hydrogen) atoms. The van der Waals surface area contributed by atoms with Gasteiger partial charge >= 0.3 is 0 Å². The monoisotopic (exact) mass is 513 g/mol. The van der Waals surface area contributed by atoms with Crippen molar-refractivity contribution in [2.45, 2.75) is 40.3 Å². The van der Waals surface area contributed by atoms with Gasteiger partial charge in [0, 0.05) is 13.1 Å². The van der Waals surface area contributed by atoms with Crippen LogP contribution in [0.2, 0.25) is 10.0 Å². The average Bonchev–Trinajstić information content (AvgIpc) is 2.73.